The number of hydrogen-bond acceptors (Lipinski definition) is 5. The molecule has 1 aliphatic rings. The Hall–Kier alpha value is -0.830. The summed E-state index contributed by atoms with van der Waals surface area (Å²) in [6.45, 7) is 0. The predicted molar refractivity (Wildman–Crippen MR) is 63.1 cm³/mol. The second-order valence-corrected chi connectivity index (χ2v) is 6.31. The molecule has 20 heavy (non-hydrogen) atoms. The van der Waals surface area contributed by atoms with Crippen molar-refractivity contribution in [3.05, 3.63) is 0 Å². The van der Waals surface area contributed by atoms with Crippen molar-refractivity contribution in [3.63, 3.8) is 0 Å². The van der Waals surface area contributed by atoms with Crippen LogP contribution in [0.1, 0.15) is 38.5 Å². The fraction of sp³-hybridized carbons (Fsp3) is 0.909. The molecule has 5 nitrogen and oxygen atoms in total. The lowest BCUT2D eigenvalue weighted by atomic mass is 9.85. The van der Waals surface area contributed by atoms with Crippen LogP contribution in [0.3, 0.4) is 0 Å². The third-order valence-electron chi connectivity index (χ3n) is 3.26. The molecular weight excluding hydrogens is 301 g/mol. The van der Waals surface area contributed by atoms with Crippen LogP contribution in [0.2, 0.25) is 0 Å². The molecule has 0 saturated heterocycles. The van der Waals surface area contributed by atoms with Crippen molar-refractivity contribution in [3.8, 4) is 0 Å². The minimum atomic E-state index is -5.80. The Kier molecular flexibility index (Phi) is 5.81. The SMILES string of the molecule is COC(=O)[C@@H](CC1CCCCC1)OS(=O)(=O)C(F)(F)F. The molecule has 0 N–H and O–H groups in total. The van der Waals surface area contributed by atoms with Gasteiger partial charge in [0.25, 0.3) is 0 Å². The molecule has 118 valence electrons. The van der Waals surface area contributed by atoms with E-state index in [1.54, 1.807) is 0 Å². The number of carbonyl (C=O) groups is 1. The fourth-order valence-corrected chi connectivity index (χ4v) is 2.81. The molecule has 1 rings (SSSR count). The van der Waals surface area contributed by atoms with Crippen molar-refractivity contribution in [1.29, 1.82) is 0 Å². The Morgan fingerprint density at radius 3 is 2.25 bits per heavy atom. The van der Waals surface area contributed by atoms with E-state index in [1.165, 1.54) is 0 Å². The van der Waals surface area contributed by atoms with Crippen molar-refractivity contribution in [2.75, 3.05) is 7.11 Å². The molecule has 0 aliphatic heterocycles. The number of hydrogen-bond donors (Lipinski definition) is 0. The molecule has 1 fully saturated rings. The van der Waals surface area contributed by atoms with Gasteiger partial charge in [-0.2, -0.15) is 21.6 Å². The number of carbonyl (C=O) groups excluding carboxylic acids is 1. The monoisotopic (exact) mass is 318 g/mol. The minimum absolute atomic E-state index is 0.0312. The van der Waals surface area contributed by atoms with Crippen LogP contribution in [0.15, 0.2) is 0 Å². The van der Waals surface area contributed by atoms with Crippen molar-refractivity contribution in [1.82, 2.24) is 0 Å². The molecular formula is C11H17F3O5S. The van der Waals surface area contributed by atoms with Gasteiger partial charge in [-0.05, 0) is 12.3 Å². The van der Waals surface area contributed by atoms with Crippen LogP contribution < -0.4 is 0 Å². The highest BCUT2D eigenvalue weighted by Gasteiger charge is 2.49. The maximum absolute atomic E-state index is 12.3. The molecule has 1 saturated carbocycles. The Bertz CT molecular complexity index is 426. The van der Waals surface area contributed by atoms with Crippen LogP contribution in [0, 0.1) is 5.92 Å². The lowest BCUT2D eigenvalue weighted by Gasteiger charge is -2.25. The van der Waals surface area contributed by atoms with Crippen molar-refractivity contribution in [2.45, 2.75) is 50.1 Å². The Morgan fingerprint density at radius 1 is 1.25 bits per heavy atom. The van der Waals surface area contributed by atoms with Crippen LogP contribution in [-0.4, -0.2) is 33.1 Å². The van der Waals surface area contributed by atoms with Gasteiger partial charge in [-0.3, -0.25) is 0 Å². The van der Waals surface area contributed by atoms with Crippen LogP contribution in [0.25, 0.3) is 0 Å². The molecule has 0 unspecified atom stereocenters. The minimum Gasteiger partial charge on any atom is -0.467 e. The van der Waals surface area contributed by atoms with E-state index in [4.69, 9.17) is 0 Å². The number of halogens is 3. The number of alkyl halides is 3. The lowest BCUT2D eigenvalue weighted by Crippen LogP contribution is -2.36. The van der Waals surface area contributed by atoms with Gasteiger partial charge in [-0.1, -0.05) is 32.1 Å². The van der Waals surface area contributed by atoms with Crippen LogP contribution in [-0.2, 0) is 23.8 Å². The average molecular weight is 318 g/mol. The van der Waals surface area contributed by atoms with Crippen molar-refractivity contribution < 1.29 is 35.3 Å². The quantitative estimate of drug-likeness (QED) is 0.442. The van der Waals surface area contributed by atoms with E-state index >= 15 is 0 Å². The Morgan fingerprint density at radius 2 is 1.80 bits per heavy atom. The van der Waals surface area contributed by atoms with E-state index < -0.39 is 27.7 Å². The van der Waals surface area contributed by atoms with E-state index in [9.17, 15) is 26.4 Å². The fourth-order valence-electron chi connectivity index (χ4n) is 2.24. The summed E-state index contributed by atoms with van der Waals surface area (Å²) in [6.07, 6.45) is 2.50. The zero-order valence-electron chi connectivity index (χ0n) is 11.0. The molecule has 0 heterocycles. The Balaban J connectivity index is 2.77. The van der Waals surface area contributed by atoms with E-state index in [0.717, 1.165) is 39.2 Å². The third-order valence-corrected chi connectivity index (χ3v) is 4.32. The first-order chi connectivity index (χ1) is 9.17. The van der Waals surface area contributed by atoms with Gasteiger partial charge in [0.2, 0.25) is 0 Å². The highest BCUT2D eigenvalue weighted by Crippen LogP contribution is 2.31. The summed E-state index contributed by atoms with van der Waals surface area (Å²) in [5.41, 5.74) is -5.55. The molecule has 0 amide bonds. The average Bonchev–Trinajstić information content (AvgIpc) is 2.36. The molecule has 0 aromatic heterocycles. The molecule has 0 aromatic carbocycles. The van der Waals surface area contributed by atoms with Crippen LogP contribution in [0.5, 0.6) is 0 Å². The number of ether oxygens (including phenoxy) is 1. The molecule has 0 aromatic rings. The van der Waals surface area contributed by atoms with E-state index in [0.29, 0.717) is 0 Å². The van der Waals surface area contributed by atoms with Crippen molar-refractivity contribution in [2.24, 2.45) is 5.92 Å². The van der Waals surface area contributed by atoms with Gasteiger partial charge in [0.15, 0.2) is 6.10 Å². The highest BCUT2D eigenvalue weighted by atomic mass is 32.2. The topological polar surface area (TPSA) is 69.7 Å². The summed E-state index contributed by atoms with van der Waals surface area (Å²) in [7, 11) is -4.83. The summed E-state index contributed by atoms with van der Waals surface area (Å²) < 4.78 is 67.1. The molecule has 0 radical (unpaired) electrons. The van der Waals surface area contributed by atoms with Gasteiger partial charge < -0.3 is 4.74 Å². The normalized spacial score (nSPS) is 19.6. The first-order valence-corrected chi connectivity index (χ1v) is 7.65. The van der Waals surface area contributed by atoms with Crippen molar-refractivity contribution >= 4 is 16.1 Å². The molecule has 0 spiro atoms. The standard InChI is InChI=1S/C11H17F3O5S/c1-18-10(15)9(7-8-5-3-2-4-6-8)19-20(16,17)11(12,13)14/h8-9H,2-7H2,1H3/t9-/m1/s1. The second-order valence-electron chi connectivity index (χ2n) is 4.75. The maximum Gasteiger partial charge on any atom is 0.523 e. The molecule has 9 heteroatoms. The summed E-state index contributed by atoms with van der Waals surface area (Å²) in [5.74, 6) is -1.14. The van der Waals surface area contributed by atoms with Gasteiger partial charge >= 0.3 is 21.6 Å². The second kappa shape index (κ2) is 6.75. The number of methoxy groups -OCH3 is 1. The summed E-state index contributed by atoms with van der Waals surface area (Å²) in [6, 6.07) is 0. The zero-order valence-corrected chi connectivity index (χ0v) is 11.8. The lowest BCUT2D eigenvalue weighted by molar-refractivity contribution is -0.150. The first-order valence-electron chi connectivity index (χ1n) is 6.24. The molecule has 1 atom stereocenters. The van der Waals surface area contributed by atoms with Gasteiger partial charge in [0, 0.05) is 0 Å². The summed E-state index contributed by atoms with van der Waals surface area (Å²) in [4.78, 5) is 11.4. The molecule has 1 aliphatic carbocycles. The third kappa shape index (κ3) is 4.62. The number of rotatable bonds is 5. The first kappa shape index (κ1) is 17.2. The maximum atomic E-state index is 12.3. The van der Waals surface area contributed by atoms with Gasteiger partial charge in [0.1, 0.15) is 0 Å². The smallest absolute Gasteiger partial charge is 0.467 e. The molecule has 0 bridgehead atoms. The predicted octanol–water partition coefficient (Wildman–Crippen LogP) is 2.36. The van der Waals surface area contributed by atoms with Gasteiger partial charge in [0.05, 0.1) is 7.11 Å². The largest absolute Gasteiger partial charge is 0.523 e. The number of esters is 1. The summed E-state index contributed by atoms with van der Waals surface area (Å²) in [5, 5.41) is 0. The van der Waals surface area contributed by atoms with Gasteiger partial charge in [-0.15, -0.1) is 0 Å². The zero-order chi connectivity index (χ0) is 15.4. The Labute approximate surface area is 115 Å². The van der Waals surface area contributed by atoms with E-state index in [1.807, 2.05) is 0 Å². The van der Waals surface area contributed by atoms with Gasteiger partial charge in [-0.25, -0.2) is 8.98 Å². The highest BCUT2D eigenvalue weighted by molar-refractivity contribution is 7.87. The summed E-state index contributed by atoms with van der Waals surface area (Å²) >= 11 is 0. The van der Waals surface area contributed by atoms with Crippen LogP contribution >= 0.6 is 0 Å². The van der Waals surface area contributed by atoms with Crippen LogP contribution in [0.4, 0.5) is 13.2 Å². The van der Waals surface area contributed by atoms with E-state index in [2.05, 4.69) is 8.92 Å². The van der Waals surface area contributed by atoms with E-state index in [-0.39, 0.29) is 12.3 Å².